The normalized spacial score (nSPS) is 12.5. The molecule has 13 heavy (non-hydrogen) atoms. The van der Waals surface area contributed by atoms with Gasteiger partial charge in [0.15, 0.2) is 0 Å². The highest BCUT2D eigenvalue weighted by Gasteiger charge is 1.93. The Hall–Kier alpha value is -0.330. The van der Waals surface area contributed by atoms with Gasteiger partial charge in [-0.15, -0.1) is 0 Å². The summed E-state index contributed by atoms with van der Waals surface area (Å²) in [5, 5.41) is 0. The number of rotatable bonds is 7. The zero-order valence-corrected chi connectivity index (χ0v) is 9.77. The van der Waals surface area contributed by atoms with Crippen LogP contribution < -0.4 is 0 Å². The van der Waals surface area contributed by atoms with Crippen LogP contribution in [0.4, 0.5) is 0 Å². The predicted molar refractivity (Wildman–Crippen MR) is 61.6 cm³/mol. The predicted octanol–water partition coefficient (Wildman–Crippen LogP) is 4.07. The fourth-order valence-electron chi connectivity index (χ4n) is 1.28. The van der Waals surface area contributed by atoms with Crippen molar-refractivity contribution < 1.29 is 0 Å². The highest BCUT2D eigenvalue weighted by Crippen LogP contribution is 2.04. The molecule has 0 aliphatic heterocycles. The second kappa shape index (κ2) is 8.28. The minimum atomic E-state index is 0.825. The van der Waals surface area contributed by atoms with Crippen molar-refractivity contribution in [1.82, 2.24) is 0 Å². The van der Waals surface area contributed by atoms with Gasteiger partial charge < -0.3 is 0 Å². The highest BCUT2D eigenvalue weighted by molar-refractivity contribution is 5.81. The lowest BCUT2D eigenvalue weighted by atomic mass is 10.1. The largest absolute Gasteiger partial charge is 0.294 e. The van der Waals surface area contributed by atoms with Crippen molar-refractivity contribution in [3.63, 3.8) is 0 Å². The molecule has 1 heteroatoms. The van der Waals surface area contributed by atoms with Gasteiger partial charge in [-0.3, -0.25) is 4.99 Å². The van der Waals surface area contributed by atoms with Crippen LogP contribution in [-0.4, -0.2) is 12.3 Å². The third kappa shape index (κ3) is 9.59. The SMILES string of the molecule is CCCCC(C)=NCCCC(C)C. The molecule has 0 atom stereocenters. The molecule has 0 radical (unpaired) electrons. The van der Waals surface area contributed by atoms with Gasteiger partial charge in [0.1, 0.15) is 0 Å². The number of hydrogen-bond donors (Lipinski definition) is 0. The van der Waals surface area contributed by atoms with Gasteiger partial charge in [0.2, 0.25) is 0 Å². The molecule has 0 rings (SSSR count). The average Bonchev–Trinajstić information content (AvgIpc) is 2.08. The molecule has 0 amide bonds. The van der Waals surface area contributed by atoms with Crippen LogP contribution in [0, 0.1) is 5.92 Å². The van der Waals surface area contributed by atoms with E-state index in [9.17, 15) is 0 Å². The molecular weight excluding hydrogens is 158 g/mol. The van der Waals surface area contributed by atoms with E-state index in [4.69, 9.17) is 0 Å². The molecule has 0 aromatic rings. The van der Waals surface area contributed by atoms with E-state index in [1.54, 1.807) is 0 Å². The van der Waals surface area contributed by atoms with E-state index >= 15 is 0 Å². The second-order valence-corrected chi connectivity index (χ2v) is 4.26. The first-order valence-electron chi connectivity index (χ1n) is 5.66. The quantitative estimate of drug-likeness (QED) is 0.416. The molecule has 1 nitrogen and oxygen atoms in total. The van der Waals surface area contributed by atoms with Crippen LogP contribution >= 0.6 is 0 Å². The summed E-state index contributed by atoms with van der Waals surface area (Å²) in [6.07, 6.45) is 6.32. The number of nitrogens with zero attached hydrogens (tertiary/aromatic N) is 1. The topological polar surface area (TPSA) is 12.4 Å². The lowest BCUT2D eigenvalue weighted by Crippen LogP contribution is -1.95. The van der Waals surface area contributed by atoms with E-state index in [2.05, 4.69) is 32.7 Å². The molecule has 0 fully saturated rings. The van der Waals surface area contributed by atoms with Gasteiger partial charge in [-0.1, -0.05) is 27.2 Å². The van der Waals surface area contributed by atoms with E-state index < -0.39 is 0 Å². The Labute approximate surface area is 83.6 Å². The van der Waals surface area contributed by atoms with E-state index in [-0.39, 0.29) is 0 Å². The van der Waals surface area contributed by atoms with E-state index in [0.29, 0.717) is 0 Å². The van der Waals surface area contributed by atoms with Crippen molar-refractivity contribution in [3.05, 3.63) is 0 Å². The summed E-state index contributed by atoms with van der Waals surface area (Å²) in [5.74, 6) is 0.825. The van der Waals surface area contributed by atoms with Gasteiger partial charge in [0.05, 0.1) is 0 Å². The molecule has 0 unspecified atom stereocenters. The third-order valence-electron chi connectivity index (χ3n) is 2.21. The van der Waals surface area contributed by atoms with E-state index in [1.807, 2.05) is 0 Å². The Morgan fingerprint density at radius 3 is 2.46 bits per heavy atom. The van der Waals surface area contributed by atoms with Gasteiger partial charge >= 0.3 is 0 Å². The van der Waals surface area contributed by atoms with Crippen LogP contribution in [0.25, 0.3) is 0 Å². The van der Waals surface area contributed by atoms with Gasteiger partial charge in [0.25, 0.3) is 0 Å². The van der Waals surface area contributed by atoms with Crippen molar-refractivity contribution >= 4 is 5.71 Å². The Balaban J connectivity index is 3.36. The molecular formula is C12H25N. The maximum Gasteiger partial charge on any atom is 0.0388 e. The minimum Gasteiger partial charge on any atom is -0.294 e. The molecule has 0 aromatic carbocycles. The Morgan fingerprint density at radius 2 is 1.92 bits per heavy atom. The summed E-state index contributed by atoms with van der Waals surface area (Å²) >= 11 is 0. The van der Waals surface area contributed by atoms with Crippen molar-refractivity contribution in [2.24, 2.45) is 10.9 Å². The molecule has 0 aromatic heterocycles. The molecule has 0 bridgehead atoms. The Kier molecular flexibility index (Phi) is 8.07. The first-order valence-corrected chi connectivity index (χ1v) is 5.66. The molecule has 0 saturated heterocycles. The molecule has 0 saturated carbocycles. The molecule has 0 heterocycles. The van der Waals surface area contributed by atoms with Crippen LogP contribution in [-0.2, 0) is 0 Å². The molecule has 0 aliphatic carbocycles. The zero-order chi connectivity index (χ0) is 10.1. The summed E-state index contributed by atoms with van der Waals surface area (Å²) in [6, 6.07) is 0. The Morgan fingerprint density at radius 1 is 1.23 bits per heavy atom. The second-order valence-electron chi connectivity index (χ2n) is 4.26. The first-order chi connectivity index (χ1) is 6.16. The van der Waals surface area contributed by atoms with Crippen LogP contribution in [0.2, 0.25) is 0 Å². The lowest BCUT2D eigenvalue weighted by Gasteiger charge is -2.02. The third-order valence-corrected chi connectivity index (χ3v) is 2.21. The van der Waals surface area contributed by atoms with Gasteiger partial charge in [-0.2, -0.15) is 0 Å². The molecule has 0 aliphatic rings. The van der Waals surface area contributed by atoms with Crippen molar-refractivity contribution in [2.45, 2.75) is 59.8 Å². The minimum absolute atomic E-state index is 0.825. The average molecular weight is 183 g/mol. The summed E-state index contributed by atoms with van der Waals surface area (Å²) < 4.78 is 0. The number of unbranched alkanes of at least 4 members (excludes halogenated alkanes) is 1. The van der Waals surface area contributed by atoms with Crippen molar-refractivity contribution in [1.29, 1.82) is 0 Å². The summed E-state index contributed by atoms with van der Waals surface area (Å²) in [5.41, 5.74) is 1.34. The van der Waals surface area contributed by atoms with Crippen molar-refractivity contribution in [2.75, 3.05) is 6.54 Å². The van der Waals surface area contributed by atoms with Crippen molar-refractivity contribution in [3.8, 4) is 0 Å². The van der Waals surface area contributed by atoms with Gasteiger partial charge in [-0.25, -0.2) is 0 Å². The Bertz CT molecular complexity index is 136. The highest BCUT2D eigenvalue weighted by atomic mass is 14.7. The maximum atomic E-state index is 4.55. The summed E-state index contributed by atoms with van der Waals surface area (Å²) in [4.78, 5) is 4.55. The van der Waals surface area contributed by atoms with Crippen LogP contribution in [0.3, 0.4) is 0 Å². The number of hydrogen-bond acceptors (Lipinski definition) is 1. The van der Waals surface area contributed by atoms with Crippen LogP contribution in [0.5, 0.6) is 0 Å². The van der Waals surface area contributed by atoms with E-state index in [0.717, 1.165) is 12.5 Å². The maximum absolute atomic E-state index is 4.55. The first kappa shape index (κ1) is 12.7. The molecule has 0 N–H and O–H groups in total. The summed E-state index contributed by atoms with van der Waals surface area (Å²) in [7, 11) is 0. The zero-order valence-electron chi connectivity index (χ0n) is 9.77. The summed E-state index contributed by atoms with van der Waals surface area (Å²) in [6.45, 7) is 9.96. The standard InChI is InChI=1S/C12H25N/c1-5-6-9-12(4)13-10-7-8-11(2)3/h11H,5-10H2,1-4H3. The molecule has 78 valence electrons. The van der Waals surface area contributed by atoms with E-state index in [1.165, 1.54) is 37.8 Å². The lowest BCUT2D eigenvalue weighted by molar-refractivity contribution is 0.561. The fourth-order valence-corrected chi connectivity index (χ4v) is 1.28. The fraction of sp³-hybridized carbons (Fsp3) is 0.917. The monoisotopic (exact) mass is 183 g/mol. The molecule has 0 spiro atoms. The van der Waals surface area contributed by atoms with Crippen LogP contribution in [0.15, 0.2) is 4.99 Å². The smallest absolute Gasteiger partial charge is 0.0388 e. The number of aliphatic imine (C=N–C) groups is 1. The van der Waals surface area contributed by atoms with Gasteiger partial charge in [-0.05, 0) is 38.5 Å². The van der Waals surface area contributed by atoms with Gasteiger partial charge in [0, 0.05) is 12.3 Å². The van der Waals surface area contributed by atoms with Crippen LogP contribution in [0.1, 0.15) is 59.8 Å².